The largest absolute Gasteiger partial charge is 0.476 e. The molecular formula is C13H12BrFN2O2. The van der Waals surface area contributed by atoms with Crippen LogP contribution in [0.5, 0.6) is 0 Å². The average Bonchev–Trinajstić information content (AvgIpc) is 2.71. The first-order valence-corrected chi connectivity index (χ1v) is 6.40. The van der Waals surface area contributed by atoms with Crippen LogP contribution in [-0.4, -0.2) is 20.9 Å². The van der Waals surface area contributed by atoms with E-state index in [0.717, 1.165) is 5.56 Å². The van der Waals surface area contributed by atoms with Gasteiger partial charge < -0.3 is 5.11 Å². The van der Waals surface area contributed by atoms with Crippen LogP contribution in [0.4, 0.5) is 4.39 Å². The van der Waals surface area contributed by atoms with Crippen molar-refractivity contribution in [2.45, 2.75) is 13.1 Å². The summed E-state index contributed by atoms with van der Waals surface area (Å²) >= 11 is 3.32. The molecule has 0 saturated carbocycles. The van der Waals surface area contributed by atoms with Crippen LogP contribution in [0.25, 0.3) is 11.3 Å². The second kappa shape index (κ2) is 5.13. The SMILES string of the molecule is CC(F)c1ccc(-c2cc(C(=O)O)nn2C)cc1Br. The topological polar surface area (TPSA) is 55.1 Å². The summed E-state index contributed by atoms with van der Waals surface area (Å²) in [4.78, 5) is 10.9. The lowest BCUT2D eigenvalue weighted by atomic mass is 10.1. The van der Waals surface area contributed by atoms with Crippen LogP contribution >= 0.6 is 15.9 Å². The van der Waals surface area contributed by atoms with Crippen LogP contribution in [0.3, 0.4) is 0 Å². The van der Waals surface area contributed by atoms with Gasteiger partial charge in [-0.15, -0.1) is 0 Å². The van der Waals surface area contributed by atoms with E-state index in [1.807, 2.05) is 0 Å². The summed E-state index contributed by atoms with van der Waals surface area (Å²) in [6, 6.07) is 6.67. The maximum Gasteiger partial charge on any atom is 0.356 e. The van der Waals surface area contributed by atoms with E-state index in [9.17, 15) is 9.18 Å². The maximum absolute atomic E-state index is 13.3. The van der Waals surface area contributed by atoms with Gasteiger partial charge in [-0.3, -0.25) is 4.68 Å². The molecule has 1 aromatic heterocycles. The lowest BCUT2D eigenvalue weighted by Crippen LogP contribution is -1.99. The van der Waals surface area contributed by atoms with Gasteiger partial charge >= 0.3 is 5.97 Å². The Bertz CT molecular complexity index is 638. The van der Waals surface area contributed by atoms with Gasteiger partial charge in [-0.2, -0.15) is 5.10 Å². The molecule has 19 heavy (non-hydrogen) atoms. The lowest BCUT2D eigenvalue weighted by molar-refractivity contribution is 0.0689. The van der Waals surface area contributed by atoms with Gasteiger partial charge in [0.1, 0.15) is 6.17 Å². The molecule has 1 N–H and O–H groups in total. The zero-order chi connectivity index (χ0) is 14.2. The van der Waals surface area contributed by atoms with Crippen molar-refractivity contribution in [2.75, 3.05) is 0 Å². The number of carboxylic acid groups (broad SMARTS) is 1. The third kappa shape index (κ3) is 2.68. The molecule has 1 aromatic carbocycles. The highest BCUT2D eigenvalue weighted by molar-refractivity contribution is 9.10. The van der Waals surface area contributed by atoms with Gasteiger partial charge in [0.25, 0.3) is 0 Å². The fraction of sp³-hybridized carbons (Fsp3) is 0.231. The summed E-state index contributed by atoms with van der Waals surface area (Å²) in [5.74, 6) is -1.07. The van der Waals surface area contributed by atoms with Crippen molar-refractivity contribution in [3.05, 3.63) is 40.0 Å². The number of rotatable bonds is 3. The Labute approximate surface area is 118 Å². The van der Waals surface area contributed by atoms with Crippen molar-refractivity contribution in [3.63, 3.8) is 0 Å². The van der Waals surface area contributed by atoms with Gasteiger partial charge in [0.15, 0.2) is 5.69 Å². The summed E-state index contributed by atoms with van der Waals surface area (Å²) in [6.07, 6.45) is -1.07. The Balaban J connectivity index is 2.48. The summed E-state index contributed by atoms with van der Waals surface area (Å²) in [5, 5.41) is 12.8. The van der Waals surface area contributed by atoms with Crippen LogP contribution in [0.2, 0.25) is 0 Å². The van der Waals surface area contributed by atoms with Gasteiger partial charge in [-0.25, -0.2) is 9.18 Å². The molecule has 0 saturated heterocycles. The molecule has 0 bridgehead atoms. The summed E-state index contributed by atoms with van der Waals surface area (Å²) in [6.45, 7) is 1.46. The van der Waals surface area contributed by atoms with Crippen molar-refractivity contribution in [1.29, 1.82) is 0 Å². The standard InChI is InChI=1S/C13H12BrFN2O2/c1-7(15)9-4-3-8(5-10(9)14)12-6-11(13(18)19)16-17(12)2/h3-7H,1-2H3,(H,18,19). The van der Waals surface area contributed by atoms with Crippen molar-refractivity contribution in [2.24, 2.45) is 7.05 Å². The first kappa shape index (κ1) is 13.7. The van der Waals surface area contributed by atoms with Gasteiger partial charge in [0.05, 0.1) is 5.69 Å². The molecule has 1 unspecified atom stereocenters. The zero-order valence-electron chi connectivity index (χ0n) is 10.4. The number of halogens is 2. The number of aromatic carboxylic acids is 1. The molecule has 100 valence electrons. The summed E-state index contributed by atoms with van der Waals surface area (Å²) in [7, 11) is 1.67. The molecular weight excluding hydrogens is 315 g/mol. The second-order valence-electron chi connectivity index (χ2n) is 4.20. The van der Waals surface area contributed by atoms with E-state index < -0.39 is 12.1 Å². The number of hydrogen-bond donors (Lipinski definition) is 1. The van der Waals surface area contributed by atoms with Crippen molar-refractivity contribution >= 4 is 21.9 Å². The fourth-order valence-electron chi connectivity index (χ4n) is 1.85. The lowest BCUT2D eigenvalue weighted by Gasteiger charge is -2.08. The molecule has 0 aliphatic rings. The van der Waals surface area contributed by atoms with E-state index in [-0.39, 0.29) is 5.69 Å². The van der Waals surface area contributed by atoms with E-state index in [1.54, 1.807) is 25.2 Å². The van der Waals surface area contributed by atoms with Gasteiger partial charge in [-0.1, -0.05) is 28.1 Å². The average molecular weight is 327 g/mol. The molecule has 0 radical (unpaired) electrons. The minimum atomic E-state index is -1.07. The molecule has 1 atom stereocenters. The summed E-state index contributed by atoms with van der Waals surface area (Å²) in [5.41, 5.74) is 1.98. The zero-order valence-corrected chi connectivity index (χ0v) is 12.0. The first-order chi connectivity index (χ1) is 8.90. The highest BCUT2D eigenvalue weighted by Gasteiger charge is 2.14. The Hall–Kier alpha value is -1.69. The number of hydrogen-bond acceptors (Lipinski definition) is 2. The second-order valence-corrected chi connectivity index (χ2v) is 5.05. The Morgan fingerprint density at radius 3 is 2.63 bits per heavy atom. The smallest absolute Gasteiger partial charge is 0.356 e. The van der Waals surface area contributed by atoms with E-state index in [4.69, 9.17) is 5.11 Å². The fourth-order valence-corrected chi connectivity index (χ4v) is 2.55. The normalized spacial score (nSPS) is 12.4. The van der Waals surface area contributed by atoms with Crippen molar-refractivity contribution in [1.82, 2.24) is 9.78 Å². The molecule has 0 fully saturated rings. The molecule has 0 amide bonds. The highest BCUT2D eigenvalue weighted by Crippen LogP contribution is 2.30. The highest BCUT2D eigenvalue weighted by atomic mass is 79.9. The van der Waals surface area contributed by atoms with Crippen molar-refractivity contribution < 1.29 is 14.3 Å². The predicted molar refractivity (Wildman–Crippen MR) is 72.8 cm³/mol. The van der Waals surface area contributed by atoms with E-state index in [1.165, 1.54) is 17.7 Å². The van der Waals surface area contributed by atoms with E-state index in [0.29, 0.717) is 15.7 Å². The minimum absolute atomic E-state index is 0.0171. The molecule has 6 heteroatoms. The van der Waals surface area contributed by atoms with E-state index >= 15 is 0 Å². The number of nitrogens with zero attached hydrogens (tertiary/aromatic N) is 2. The van der Waals surface area contributed by atoms with Crippen LogP contribution in [0.15, 0.2) is 28.7 Å². The number of carboxylic acids is 1. The molecule has 2 rings (SSSR count). The molecule has 4 nitrogen and oxygen atoms in total. The van der Waals surface area contributed by atoms with Crippen LogP contribution < -0.4 is 0 Å². The minimum Gasteiger partial charge on any atom is -0.476 e. The Morgan fingerprint density at radius 1 is 1.47 bits per heavy atom. The van der Waals surface area contributed by atoms with Gasteiger partial charge in [0.2, 0.25) is 0 Å². The maximum atomic E-state index is 13.3. The number of carbonyl (C=O) groups is 1. The first-order valence-electron chi connectivity index (χ1n) is 5.61. The van der Waals surface area contributed by atoms with E-state index in [2.05, 4.69) is 21.0 Å². The number of benzene rings is 1. The van der Waals surface area contributed by atoms with Crippen LogP contribution in [-0.2, 0) is 7.05 Å². The number of alkyl halides is 1. The van der Waals surface area contributed by atoms with Crippen molar-refractivity contribution in [3.8, 4) is 11.3 Å². The van der Waals surface area contributed by atoms with Gasteiger partial charge in [0, 0.05) is 17.1 Å². The quantitative estimate of drug-likeness (QED) is 0.937. The number of aryl methyl sites for hydroxylation is 1. The van der Waals surface area contributed by atoms with Crippen LogP contribution in [0, 0.1) is 0 Å². The predicted octanol–water partition coefficient (Wildman–Crippen LogP) is 3.58. The monoisotopic (exact) mass is 326 g/mol. The third-order valence-corrected chi connectivity index (χ3v) is 3.51. The Kier molecular flexibility index (Phi) is 3.71. The molecule has 0 spiro atoms. The van der Waals surface area contributed by atoms with Gasteiger partial charge in [-0.05, 0) is 24.6 Å². The molecule has 0 aliphatic heterocycles. The Morgan fingerprint density at radius 2 is 2.16 bits per heavy atom. The molecule has 1 heterocycles. The molecule has 2 aromatic rings. The number of aromatic nitrogens is 2. The third-order valence-electron chi connectivity index (χ3n) is 2.82. The van der Waals surface area contributed by atoms with Crippen LogP contribution in [0.1, 0.15) is 29.1 Å². The molecule has 0 aliphatic carbocycles. The summed E-state index contributed by atoms with van der Waals surface area (Å²) < 4.78 is 15.4.